The highest BCUT2D eigenvalue weighted by molar-refractivity contribution is 5.82. The van der Waals surface area contributed by atoms with E-state index in [1.165, 1.54) is 0 Å². The Labute approximate surface area is 142 Å². The monoisotopic (exact) mass is 347 g/mol. The maximum absolute atomic E-state index is 12.6. The van der Waals surface area contributed by atoms with Gasteiger partial charge in [0.15, 0.2) is 0 Å². The second-order valence-corrected chi connectivity index (χ2v) is 5.57. The summed E-state index contributed by atoms with van der Waals surface area (Å²) in [6.45, 7) is 0.997. The molecule has 0 saturated heterocycles. The Morgan fingerprint density at radius 2 is 2.16 bits per heavy atom. The van der Waals surface area contributed by atoms with Crippen molar-refractivity contribution < 1.29 is 14.7 Å². The number of aromatic nitrogens is 2. The van der Waals surface area contributed by atoms with Gasteiger partial charge >= 0.3 is 0 Å². The highest BCUT2D eigenvalue weighted by Crippen LogP contribution is 2.19. The number of carbonyl (C=O) groups excluding carboxylic acids is 1. The fraction of sp³-hybridized carbons (Fsp3) is 0.400. The molecule has 2 heterocycles. The number of amides is 1. The van der Waals surface area contributed by atoms with Gasteiger partial charge in [-0.2, -0.15) is 0 Å². The van der Waals surface area contributed by atoms with E-state index in [0.717, 1.165) is 6.42 Å². The lowest BCUT2D eigenvalue weighted by atomic mass is 10.2. The van der Waals surface area contributed by atoms with E-state index in [1.807, 2.05) is 0 Å². The topological polar surface area (TPSA) is 120 Å². The number of hydrogen-bond donors (Lipinski definition) is 1. The van der Waals surface area contributed by atoms with Gasteiger partial charge in [0.05, 0.1) is 17.4 Å². The number of para-hydroxylation sites is 1. The first-order valence-corrected chi connectivity index (χ1v) is 7.85. The Balaban J connectivity index is 1.74. The number of nitrogens with one attached hydrogen (secondary N) is 1. The summed E-state index contributed by atoms with van der Waals surface area (Å²) in [5.41, 5.74) is 0.468. The predicted molar refractivity (Wildman–Crippen MR) is 88.8 cm³/mol. The molecule has 2 aromatic rings. The van der Waals surface area contributed by atoms with Crippen molar-refractivity contribution in [3.05, 3.63) is 44.7 Å². The fourth-order valence-electron chi connectivity index (χ4n) is 2.81. The molecule has 0 saturated carbocycles. The second kappa shape index (κ2) is 7.16. The second-order valence-electron chi connectivity index (χ2n) is 5.57. The van der Waals surface area contributed by atoms with E-state index in [-0.39, 0.29) is 31.2 Å². The van der Waals surface area contributed by atoms with Crippen LogP contribution in [0.4, 0.5) is 5.95 Å². The van der Waals surface area contributed by atoms with E-state index < -0.39 is 5.09 Å². The van der Waals surface area contributed by atoms with Crippen LogP contribution in [0.1, 0.15) is 6.42 Å². The highest BCUT2D eigenvalue weighted by Gasteiger charge is 2.22. The summed E-state index contributed by atoms with van der Waals surface area (Å²) in [6.07, 6.45) is 0.727. The molecule has 10 nitrogen and oxygen atoms in total. The van der Waals surface area contributed by atoms with Gasteiger partial charge in [0.2, 0.25) is 11.9 Å². The maximum Gasteiger partial charge on any atom is 0.294 e. The molecular weight excluding hydrogens is 330 g/mol. The number of fused-ring (bicyclic) bond motifs is 2. The SMILES string of the molecule is O=C(CN1CCCn2c1nc1ccccc1c2=O)NCCO[N+](=O)[O-]. The molecule has 0 unspecified atom stereocenters. The van der Waals surface area contributed by atoms with Gasteiger partial charge in [-0.1, -0.05) is 12.1 Å². The Morgan fingerprint density at radius 3 is 2.96 bits per heavy atom. The van der Waals surface area contributed by atoms with Crippen molar-refractivity contribution in [2.24, 2.45) is 0 Å². The molecule has 1 N–H and O–H groups in total. The molecule has 1 aromatic heterocycles. The molecule has 10 heteroatoms. The number of rotatable bonds is 6. The van der Waals surface area contributed by atoms with Gasteiger partial charge in [-0.15, -0.1) is 10.1 Å². The summed E-state index contributed by atoms with van der Waals surface area (Å²) in [4.78, 5) is 45.1. The largest absolute Gasteiger partial charge is 0.353 e. The molecule has 0 spiro atoms. The van der Waals surface area contributed by atoms with E-state index in [0.29, 0.717) is 29.9 Å². The number of carbonyl (C=O) groups is 1. The van der Waals surface area contributed by atoms with E-state index in [4.69, 9.17) is 0 Å². The van der Waals surface area contributed by atoms with Gasteiger partial charge in [-0.3, -0.25) is 14.2 Å². The van der Waals surface area contributed by atoms with Crippen LogP contribution in [-0.4, -0.2) is 46.8 Å². The zero-order valence-corrected chi connectivity index (χ0v) is 13.4. The molecule has 0 atom stereocenters. The molecule has 0 bridgehead atoms. The summed E-state index contributed by atoms with van der Waals surface area (Å²) in [5.74, 6) is 0.148. The maximum atomic E-state index is 12.6. The normalized spacial score (nSPS) is 13.4. The van der Waals surface area contributed by atoms with Crippen molar-refractivity contribution in [3.63, 3.8) is 0 Å². The van der Waals surface area contributed by atoms with Crippen LogP contribution in [0.2, 0.25) is 0 Å². The first-order valence-electron chi connectivity index (χ1n) is 7.85. The molecule has 0 radical (unpaired) electrons. The summed E-state index contributed by atoms with van der Waals surface area (Å²) < 4.78 is 1.58. The molecule has 1 aliphatic rings. The number of nitrogens with zero attached hydrogens (tertiary/aromatic N) is 4. The zero-order chi connectivity index (χ0) is 17.8. The average molecular weight is 347 g/mol. The summed E-state index contributed by atoms with van der Waals surface area (Å²) in [6, 6.07) is 7.10. The van der Waals surface area contributed by atoms with Crippen LogP contribution in [-0.2, 0) is 16.2 Å². The van der Waals surface area contributed by atoms with Crippen LogP contribution in [0.5, 0.6) is 0 Å². The first kappa shape index (κ1) is 16.7. The van der Waals surface area contributed by atoms with Gasteiger partial charge in [0.25, 0.3) is 10.6 Å². The molecule has 25 heavy (non-hydrogen) atoms. The van der Waals surface area contributed by atoms with E-state index in [1.54, 1.807) is 33.7 Å². The zero-order valence-electron chi connectivity index (χ0n) is 13.4. The van der Waals surface area contributed by atoms with E-state index in [9.17, 15) is 19.7 Å². The summed E-state index contributed by atoms with van der Waals surface area (Å²) in [7, 11) is 0. The Hall–Kier alpha value is -3.17. The minimum Gasteiger partial charge on any atom is -0.353 e. The third-order valence-corrected chi connectivity index (χ3v) is 3.89. The van der Waals surface area contributed by atoms with Crippen LogP contribution in [0.25, 0.3) is 10.9 Å². The van der Waals surface area contributed by atoms with Gasteiger partial charge in [0.1, 0.15) is 6.61 Å². The van der Waals surface area contributed by atoms with Gasteiger partial charge < -0.3 is 15.1 Å². The van der Waals surface area contributed by atoms with Crippen molar-refractivity contribution in [3.8, 4) is 0 Å². The lowest BCUT2D eigenvalue weighted by Gasteiger charge is -2.30. The van der Waals surface area contributed by atoms with Crippen molar-refractivity contribution in [2.45, 2.75) is 13.0 Å². The van der Waals surface area contributed by atoms with Gasteiger partial charge in [-0.25, -0.2) is 4.98 Å². The van der Waals surface area contributed by atoms with Gasteiger partial charge in [-0.05, 0) is 18.6 Å². The fourth-order valence-corrected chi connectivity index (χ4v) is 2.81. The average Bonchev–Trinajstić information content (AvgIpc) is 2.60. The first-order chi connectivity index (χ1) is 12.1. The lowest BCUT2D eigenvalue weighted by Crippen LogP contribution is -2.44. The molecule has 1 amide bonds. The summed E-state index contributed by atoms with van der Waals surface area (Å²) >= 11 is 0. The predicted octanol–water partition coefficient (Wildman–Crippen LogP) is -0.0689. The summed E-state index contributed by atoms with van der Waals surface area (Å²) in [5, 5.41) is 12.2. The minimum absolute atomic E-state index is 0.0171. The Kier molecular flexibility index (Phi) is 4.78. The van der Waals surface area contributed by atoms with Crippen molar-refractivity contribution in [1.82, 2.24) is 14.9 Å². The molecule has 0 fully saturated rings. The van der Waals surface area contributed by atoms with Crippen LogP contribution in [0.15, 0.2) is 29.1 Å². The third kappa shape index (κ3) is 3.67. The van der Waals surface area contributed by atoms with Crippen LogP contribution in [0, 0.1) is 10.1 Å². The highest BCUT2D eigenvalue weighted by atomic mass is 16.9. The van der Waals surface area contributed by atoms with Crippen LogP contribution < -0.4 is 15.8 Å². The molecular formula is C15H17N5O5. The van der Waals surface area contributed by atoms with E-state index >= 15 is 0 Å². The molecule has 0 aliphatic carbocycles. The quantitative estimate of drug-likeness (QED) is 0.441. The minimum atomic E-state index is -0.908. The Morgan fingerprint density at radius 1 is 1.36 bits per heavy atom. The van der Waals surface area contributed by atoms with Crippen molar-refractivity contribution in [1.29, 1.82) is 0 Å². The van der Waals surface area contributed by atoms with Crippen LogP contribution in [0.3, 0.4) is 0 Å². The van der Waals surface area contributed by atoms with Gasteiger partial charge in [0, 0.05) is 19.6 Å². The molecule has 1 aromatic carbocycles. The third-order valence-electron chi connectivity index (χ3n) is 3.89. The van der Waals surface area contributed by atoms with Crippen molar-refractivity contribution >= 4 is 22.8 Å². The number of anilines is 1. The van der Waals surface area contributed by atoms with E-state index in [2.05, 4.69) is 15.1 Å². The Bertz CT molecular complexity index is 865. The lowest BCUT2D eigenvalue weighted by molar-refractivity contribution is -0.757. The molecule has 1 aliphatic heterocycles. The van der Waals surface area contributed by atoms with Crippen molar-refractivity contribution in [2.75, 3.05) is 31.1 Å². The standard InChI is InChI=1S/C15H17N5O5/c21-13(16-6-9-25-20(23)24)10-18-7-3-8-19-14(22)11-4-1-2-5-12(11)17-15(18)19/h1-2,4-5H,3,6-10H2,(H,16,21). The molecule has 132 valence electrons. The smallest absolute Gasteiger partial charge is 0.294 e. The van der Waals surface area contributed by atoms with Crippen LogP contribution >= 0.6 is 0 Å². The number of benzene rings is 1. The number of hydrogen-bond acceptors (Lipinski definition) is 7. The molecule has 3 rings (SSSR count).